The molecule has 1 atom stereocenters. The van der Waals surface area contributed by atoms with E-state index in [1.54, 1.807) is 7.11 Å². The highest BCUT2D eigenvalue weighted by molar-refractivity contribution is 6.30. The van der Waals surface area contributed by atoms with Gasteiger partial charge in [-0.2, -0.15) is 0 Å². The third kappa shape index (κ3) is 4.86. The predicted molar refractivity (Wildman–Crippen MR) is 89.2 cm³/mol. The fourth-order valence-electron chi connectivity index (χ4n) is 2.39. The first-order valence-electron chi connectivity index (χ1n) is 7.26. The second-order valence-electron chi connectivity index (χ2n) is 5.07. The van der Waals surface area contributed by atoms with Gasteiger partial charge >= 0.3 is 0 Å². The van der Waals surface area contributed by atoms with E-state index in [1.165, 1.54) is 0 Å². The normalized spacial score (nSPS) is 11.9. The molecule has 0 aliphatic carbocycles. The van der Waals surface area contributed by atoms with Crippen molar-refractivity contribution in [2.45, 2.75) is 12.3 Å². The molecule has 0 heterocycles. The van der Waals surface area contributed by atoms with Gasteiger partial charge in [0, 0.05) is 31.0 Å². The van der Waals surface area contributed by atoms with Gasteiger partial charge in [0.05, 0.1) is 6.61 Å². The summed E-state index contributed by atoms with van der Waals surface area (Å²) >= 11 is 6.10. The van der Waals surface area contributed by atoms with Crippen LogP contribution in [-0.2, 0) is 9.53 Å². The van der Waals surface area contributed by atoms with Gasteiger partial charge in [0.25, 0.3) is 0 Å². The zero-order valence-electron chi connectivity index (χ0n) is 12.6. The molecule has 4 heteroatoms. The Morgan fingerprint density at radius 2 is 1.86 bits per heavy atom. The van der Waals surface area contributed by atoms with Crippen molar-refractivity contribution in [1.29, 1.82) is 0 Å². The minimum absolute atomic E-state index is 0.00544. The SMILES string of the molecule is COCCNC(=O)CC(c1ccccc1)c1cccc(Cl)c1. The van der Waals surface area contributed by atoms with Crippen LogP contribution in [0.15, 0.2) is 54.6 Å². The second kappa shape index (κ2) is 8.57. The van der Waals surface area contributed by atoms with Crippen molar-refractivity contribution in [3.05, 3.63) is 70.7 Å². The van der Waals surface area contributed by atoms with Crippen LogP contribution in [0.4, 0.5) is 0 Å². The average Bonchev–Trinajstić information content (AvgIpc) is 2.54. The summed E-state index contributed by atoms with van der Waals surface area (Å²) in [6, 6.07) is 17.7. The number of ether oxygens (including phenoxy) is 1. The molecule has 116 valence electrons. The lowest BCUT2D eigenvalue weighted by molar-refractivity contribution is -0.121. The number of hydrogen-bond acceptors (Lipinski definition) is 2. The smallest absolute Gasteiger partial charge is 0.221 e. The minimum atomic E-state index is -0.0116. The lowest BCUT2D eigenvalue weighted by Gasteiger charge is -2.18. The summed E-state index contributed by atoms with van der Waals surface area (Å²) in [5.41, 5.74) is 2.15. The van der Waals surface area contributed by atoms with Crippen LogP contribution in [0.1, 0.15) is 23.5 Å². The molecule has 2 aromatic rings. The fraction of sp³-hybridized carbons (Fsp3) is 0.278. The lowest BCUT2D eigenvalue weighted by Crippen LogP contribution is -2.28. The molecule has 1 unspecified atom stereocenters. The Kier molecular flexibility index (Phi) is 6.44. The molecule has 2 rings (SSSR count). The number of amides is 1. The minimum Gasteiger partial charge on any atom is -0.383 e. The molecule has 3 nitrogen and oxygen atoms in total. The lowest BCUT2D eigenvalue weighted by atomic mass is 9.88. The van der Waals surface area contributed by atoms with Gasteiger partial charge in [-0.25, -0.2) is 0 Å². The van der Waals surface area contributed by atoms with Gasteiger partial charge in [-0.05, 0) is 23.3 Å². The van der Waals surface area contributed by atoms with Crippen molar-refractivity contribution < 1.29 is 9.53 Å². The molecule has 0 aliphatic rings. The topological polar surface area (TPSA) is 38.3 Å². The highest BCUT2D eigenvalue weighted by Crippen LogP contribution is 2.29. The summed E-state index contributed by atoms with van der Waals surface area (Å²) in [5, 5.41) is 3.55. The van der Waals surface area contributed by atoms with Crippen LogP contribution < -0.4 is 5.32 Å². The Labute approximate surface area is 136 Å². The monoisotopic (exact) mass is 317 g/mol. The van der Waals surface area contributed by atoms with Gasteiger partial charge < -0.3 is 10.1 Å². The summed E-state index contributed by atoms with van der Waals surface area (Å²) in [7, 11) is 1.62. The van der Waals surface area contributed by atoms with Crippen LogP contribution in [0, 0.1) is 0 Å². The van der Waals surface area contributed by atoms with Crippen LogP contribution in [-0.4, -0.2) is 26.2 Å². The summed E-state index contributed by atoms with van der Waals surface area (Å²) in [6.07, 6.45) is 0.383. The van der Waals surface area contributed by atoms with Crippen molar-refractivity contribution in [1.82, 2.24) is 5.32 Å². The molecule has 0 bridgehead atoms. The van der Waals surface area contributed by atoms with Crippen molar-refractivity contribution >= 4 is 17.5 Å². The van der Waals surface area contributed by atoms with E-state index in [9.17, 15) is 4.79 Å². The molecule has 0 spiro atoms. The quantitative estimate of drug-likeness (QED) is 0.792. The van der Waals surface area contributed by atoms with Gasteiger partial charge in [0.1, 0.15) is 0 Å². The maximum absolute atomic E-state index is 12.2. The largest absolute Gasteiger partial charge is 0.383 e. The number of methoxy groups -OCH3 is 1. The Morgan fingerprint density at radius 3 is 2.55 bits per heavy atom. The number of carbonyl (C=O) groups excluding carboxylic acids is 1. The third-order valence-electron chi connectivity index (χ3n) is 3.47. The molecular weight excluding hydrogens is 298 g/mol. The molecule has 1 amide bonds. The zero-order valence-corrected chi connectivity index (χ0v) is 13.3. The van der Waals surface area contributed by atoms with E-state index in [4.69, 9.17) is 16.3 Å². The number of rotatable bonds is 7. The Balaban J connectivity index is 2.17. The molecular formula is C18H20ClNO2. The first kappa shape index (κ1) is 16.5. The molecule has 2 aromatic carbocycles. The van der Waals surface area contributed by atoms with Crippen LogP contribution in [0.5, 0.6) is 0 Å². The van der Waals surface area contributed by atoms with Gasteiger partial charge in [0.2, 0.25) is 5.91 Å². The van der Waals surface area contributed by atoms with Gasteiger partial charge in [0.15, 0.2) is 0 Å². The Morgan fingerprint density at radius 1 is 1.14 bits per heavy atom. The highest BCUT2D eigenvalue weighted by atomic mass is 35.5. The van der Waals surface area contributed by atoms with E-state index in [-0.39, 0.29) is 11.8 Å². The van der Waals surface area contributed by atoms with Crippen LogP contribution in [0.25, 0.3) is 0 Å². The molecule has 0 aliphatic heterocycles. The third-order valence-corrected chi connectivity index (χ3v) is 3.71. The van der Waals surface area contributed by atoms with Gasteiger partial charge in [-0.15, -0.1) is 0 Å². The van der Waals surface area contributed by atoms with Crippen molar-refractivity contribution in [3.8, 4) is 0 Å². The maximum Gasteiger partial charge on any atom is 0.221 e. The Hall–Kier alpha value is -1.84. The molecule has 1 N–H and O–H groups in total. The predicted octanol–water partition coefficient (Wildman–Crippen LogP) is 3.62. The van der Waals surface area contributed by atoms with Gasteiger partial charge in [-0.3, -0.25) is 4.79 Å². The average molecular weight is 318 g/mol. The molecule has 22 heavy (non-hydrogen) atoms. The summed E-state index contributed by atoms with van der Waals surface area (Å²) in [6.45, 7) is 1.03. The molecule has 0 saturated carbocycles. The molecule has 0 radical (unpaired) electrons. The standard InChI is InChI=1S/C18H20ClNO2/c1-22-11-10-20-18(21)13-17(14-6-3-2-4-7-14)15-8-5-9-16(19)12-15/h2-9,12,17H,10-11,13H2,1H3,(H,20,21). The van der Waals surface area contributed by atoms with E-state index in [0.717, 1.165) is 11.1 Å². The molecule has 0 aromatic heterocycles. The number of nitrogens with one attached hydrogen (secondary N) is 1. The number of hydrogen-bond donors (Lipinski definition) is 1. The van der Waals surface area contributed by atoms with E-state index >= 15 is 0 Å². The van der Waals surface area contributed by atoms with E-state index in [1.807, 2.05) is 54.6 Å². The summed E-state index contributed by atoms with van der Waals surface area (Å²) < 4.78 is 4.95. The van der Waals surface area contributed by atoms with Gasteiger partial charge in [-0.1, -0.05) is 54.1 Å². The van der Waals surface area contributed by atoms with Crippen LogP contribution in [0.2, 0.25) is 5.02 Å². The molecule has 0 saturated heterocycles. The maximum atomic E-state index is 12.2. The highest BCUT2D eigenvalue weighted by Gasteiger charge is 2.18. The van der Waals surface area contributed by atoms with Crippen molar-refractivity contribution in [2.24, 2.45) is 0 Å². The van der Waals surface area contributed by atoms with E-state index < -0.39 is 0 Å². The fourth-order valence-corrected chi connectivity index (χ4v) is 2.59. The number of halogens is 1. The van der Waals surface area contributed by atoms with E-state index in [0.29, 0.717) is 24.6 Å². The van der Waals surface area contributed by atoms with Crippen LogP contribution in [0.3, 0.4) is 0 Å². The molecule has 0 fully saturated rings. The first-order valence-corrected chi connectivity index (χ1v) is 7.64. The van der Waals surface area contributed by atoms with Crippen molar-refractivity contribution in [2.75, 3.05) is 20.3 Å². The number of carbonyl (C=O) groups is 1. The van der Waals surface area contributed by atoms with Crippen LogP contribution >= 0.6 is 11.6 Å². The van der Waals surface area contributed by atoms with E-state index in [2.05, 4.69) is 5.32 Å². The zero-order chi connectivity index (χ0) is 15.8. The Bertz CT molecular complexity index is 601. The second-order valence-corrected chi connectivity index (χ2v) is 5.50. The number of benzene rings is 2. The first-order chi connectivity index (χ1) is 10.7. The summed E-state index contributed by atoms with van der Waals surface area (Å²) in [5.74, 6) is -0.00618. The van der Waals surface area contributed by atoms with Crippen molar-refractivity contribution in [3.63, 3.8) is 0 Å². The summed E-state index contributed by atoms with van der Waals surface area (Å²) in [4.78, 5) is 12.2.